The minimum absolute atomic E-state index is 0.0555. The maximum atomic E-state index is 5.73. The highest BCUT2D eigenvalue weighted by Gasteiger charge is 2.16. The number of benzene rings is 1. The quantitative estimate of drug-likeness (QED) is 0.650. The molecule has 4 nitrogen and oxygen atoms in total. The zero-order valence-electron chi connectivity index (χ0n) is 11.6. The zero-order valence-corrected chi connectivity index (χ0v) is 11.6. The van der Waals surface area contributed by atoms with Crippen molar-refractivity contribution in [3.05, 3.63) is 58.4 Å². The van der Waals surface area contributed by atoms with Crippen molar-refractivity contribution in [2.75, 3.05) is 0 Å². The number of nitrogens with zero attached hydrogens (tertiary/aromatic N) is 2. The summed E-state index contributed by atoms with van der Waals surface area (Å²) < 4.78 is 0. The number of nitrogens with two attached hydrogens (primary N) is 1. The van der Waals surface area contributed by atoms with E-state index >= 15 is 0 Å². The molecule has 0 aliphatic heterocycles. The van der Waals surface area contributed by atoms with Crippen LogP contribution in [0.25, 0.3) is 0 Å². The summed E-state index contributed by atoms with van der Waals surface area (Å²) in [5, 5.41) is 8.22. The fourth-order valence-corrected chi connectivity index (χ4v) is 2.17. The van der Waals surface area contributed by atoms with Crippen molar-refractivity contribution < 1.29 is 0 Å². The van der Waals surface area contributed by atoms with E-state index in [0.717, 1.165) is 28.9 Å². The Kier molecular flexibility index (Phi) is 4.24. The largest absolute Gasteiger partial charge is 0.271 e. The lowest BCUT2D eigenvalue weighted by atomic mass is 9.97. The first-order chi connectivity index (χ1) is 9.15. The number of rotatable bonds is 4. The molecule has 3 N–H and O–H groups in total. The van der Waals surface area contributed by atoms with Crippen molar-refractivity contribution in [1.29, 1.82) is 0 Å². The van der Waals surface area contributed by atoms with Gasteiger partial charge >= 0.3 is 0 Å². The number of hydrazine groups is 1. The van der Waals surface area contributed by atoms with E-state index in [4.69, 9.17) is 5.84 Å². The van der Waals surface area contributed by atoms with Gasteiger partial charge in [-0.3, -0.25) is 5.84 Å². The van der Waals surface area contributed by atoms with Gasteiger partial charge in [0.25, 0.3) is 0 Å². The van der Waals surface area contributed by atoms with Crippen LogP contribution in [0, 0.1) is 13.8 Å². The monoisotopic (exact) mass is 256 g/mol. The maximum Gasteiger partial charge on any atom is 0.0729 e. The summed E-state index contributed by atoms with van der Waals surface area (Å²) in [7, 11) is 0. The molecule has 1 aromatic heterocycles. The van der Waals surface area contributed by atoms with E-state index in [-0.39, 0.29) is 6.04 Å². The summed E-state index contributed by atoms with van der Waals surface area (Å²) in [6.45, 7) is 6.03. The zero-order chi connectivity index (χ0) is 13.8. The molecule has 1 unspecified atom stereocenters. The molecule has 0 saturated heterocycles. The fraction of sp³-hybridized carbons (Fsp3) is 0.333. The molecule has 0 aliphatic rings. The van der Waals surface area contributed by atoms with E-state index in [9.17, 15) is 0 Å². The summed E-state index contributed by atoms with van der Waals surface area (Å²) in [5.41, 5.74) is 8.19. The van der Waals surface area contributed by atoms with Crippen LogP contribution in [0.15, 0.2) is 30.3 Å². The lowest BCUT2D eigenvalue weighted by molar-refractivity contribution is 0.625. The average molecular weight is 256 g/mol. The molecule has 2 rings (SSSR count). The molecule has 19 heavy (non-hydrogen) atoms. The third-order valence-corrected chi connectivity index (χ3v) is 3.34. The predicted molar refractivity (Wildman–Crippen MR) is 76.5 cm³/mol. The van der Waals surface area contributed by atoms with Crippen LogP contribution in [0.5, 0.6) is 0 Å². The van der Waals surface area contributed by atoms with Gasteiger partial charge < -0.3 is 0 Å². The van der Waals surface area contributed by atoms with Crippen molar-refractivity contribution in [3.8, 4) is 0 Å². The molecule has 0 saturated carbocycles. The Labute approximate surface area is 114 Å². The Hall–Kier alpha value is -1.78. The van der Waals surface area contributed by atoms with E-state index in [1.807, 2.05) is 19.9 Å². The SMILES string of the molecule is CCc1ccc(C(NN)c2cc(C)nnc2C)cc1. The lowest BCUT2D eigenvalue weighted by Gasteiger charge is -2.19. The van der Waals surface area contributed by atoms with Crippen molar-refractivity contribution >= 4 is 0 Å². The van der Waals surface area contributed by atoms with Gasteiger partial charge in [0.15, 0.2) is 0 Å². The molecular weight excluding hydrogens is 236 g/mol. The molecule has 0 fully saturated rings. The minimum Gasteiger partial charge on any atom is -0.271 e. The number of aryl methyl sites for hydroxylation is 3. The summed E-state index contributed by atoms with van der Waals surface area (Å²) in [6, 6.07) is 10.5. The standard InChI is InChI=1S/C15H20N4/c1-4-12-5-7-13(8-6-12)15(17-16)14-9-10(2)18-19-11(14)3/h5-9,15,17H,4,16H2,1-3H3. The molecule has 1 heterocycles. The van der Waals surface area contributed by atoms with E-state index in [2.05, 4.69) is 46.8 Å². The Morgan fingerprint density at radius 1 is 1.16 bits per heavy atom. The first kappa shape index (κ1) is 13.6. The topological polar surface area (TPSA) is 63.8 Å². The number of aromatic nitrogens is 2. The Morgan fingerprint density at radius 3 is 2.42 bits per heavy atom. The molecule has 0 aliphatic carbocycles. The van der Waals surface area contributed by atoms with Crippen LogP contribution in [0.2, 0.25) is 0 Å². The minimum atomic E-state index is -0.0555. The van der Waals surface area contributed by atoms with E-state index in [1.54, 1.807) is 0 Å². The van der Waals surface area contributed by atoms with E-state index in [0.29, 0.717) is 0 Å². The normalized spacial score (nSPS) is 12.4. The van der Waals surface area contributed by atoms with Crippen LogP contribution in [0.1, 0.15) is 41.0 Å². The van der Waals surface area contributed by atoms with Gasteiger partial charge in [0.1, 0.15) is 0 Å². The second-order valence-electron chi connectivity index (χ2n) is 4.72. The predicted octanol–water partition coefficient (Wildman–Crippen LogP) is 2.21. The van der Waals surface area contributed by atoms with Gasteiger partial charge in [-0.1, -0.05) is 31.2 Å². The molecule has 0 spiro atoms. The maximum absolute atomic E-state index is 5.73. The van der Waals surface area contributed by atoms with Gasteiger partial charge in [-0.25, -0.2) is 5.43 Å². The molecule has 4 heteroatoms. The Balaban J connectivity index is 2.40. The number of hydrogen-bond acceptors (Lipinski definition) is 4. The van der Waals surface area contributed by atoms with E-state index in [1.165, 1.54) is 5.56 Å². The summed E-state index contributed by atoms with van der Waals surface area (Å²) in [4.78, 5) is 0. The van der Waals surface area contributed by atoms with Crippen molar-refractivity contribution in [3.63, 3.8) is 0 Å². The van der Waals surface area contributed by atoms with Crippen molar-refractivity contribution in [1.82, 2.24) is 15.6 Å². The van der Waals surface area contributed by atoms with Crippen LogP contribution in [-0.2, 0) is 6.42 Å². The molecular formula is C15H20N4. The van der Waals surface area contributed by atoms with Gasteiger partial charge in [-0.15, -0.1) is 0 Å². The van der Waals surface area contributed by atoms with Gasteiger partial charge in [-0.05, 0) is 43.0 Å². The summed E-state index contributed by atoms with van der Waals surface area (Å²) >= 11 is 0. The Morgan fingerprint density at radius 2 is 1.84 bits per heavy atom. The van der Waals surface area contributed by atoms with Gasteiger partial charge in [0, 0.05) is 0 Å². The molecule has 1 aromatic carbocycles. The van der Waals surface area contributed by atoms with Crippen LogP contribution >= 0.6 is 0 Å². The van der Waals surface area contributed by atoms with Gasteiger partial charge in [0.2, 0.25) is 0 Å². The van der Waals surface area contributed by atoms with E-state index < -0.39 is 0 Å². The highest BCUT2D eigenvalue weighted by Crippen LogP contribution is 2.23. The number of nitrogens with one attached hydrogen (secondary N) is 1. The Bertz CT molecular complexity index is 549. The van der Waals surface area contributed by atoms with Gasteiger partial charge in [-0.2, -0.15) is 10.2 Å². The highest BCUT2D eigenvalue weighted by molar-refractivity contribution is 5.35. The molecule has 2 aromatic rings. The second-order valence-corrected chi connectivity index (χ2v) is 4.72. The highest BCUT2D eigenvalue weighted by atomic mass is 15.2. The smallest absolute Gasteiger partial charge is 0.0729 e. The molecule has 0 amide bonds. The molecule has 100 valence electrons. The fourth-order valence-electron chi connectivity index (χ4n) is 2.17. The first-order valence-electron chi connectivity index (χ1n) is 6.51. The molecule has 0 radical (unpaired) electrons. The third kappa shape index (κ3) is 2.97. The molecule has 1 atom stereocenters. The second kappa shape index (κ2) is 5.91. The van der Waals surface area contributed by atoms with Gasteiger partial charge in [0.05, 0.1) is 17.4 Å². The van der Waals surface area contributed by atoms with Crippen LogP contribution in [0.3, 0.4) is 0 Å². The average Bonchev–Trinajstić information content (AvgIpc) is 2.44. The number of hydrogen-bond donors (Lipinski definition) is 2. The summed E-state index contributed by atoms with van der Waals surface area (Å²) in [5.74, 6) is 5.73. The first-order valence-corrected chi connectivity index (χ1v) is 6.51. The van der Waals surface area contributed by atoms with Crippen molar-refractivity contribution in [2.45, 2.75) is 33.2 Å². The third-order valence-electron chi connectivity index (χ3n) is 3.34. The van der Waals surface area contributed by atoms with Crippen LogP contribution in [0.4, 0.5) is 0 Å². The lowest BCUT2D eigenvalue weighted by Crippen LogP contribution is -2.29. The molecule has 0 bridgehead atoms. The van der Waals surface area contributed by atoms with Crippen LogP contribution in [-0.4, -0.2) is 10.2 Å². The summed E-state index contributed by atoms with van der Waals surface area (Å²) in [6.07, 6.45) is 1.04. The van der Waals surface area contributed by atoms with Crippen LogP contribution < -0.4 is 11.3 Å². The van der Waals surface area contributed by atoms with Crippen molar-refractivity contribution in [2.24, 2.45) is 5.84 Å².